The Morgan fingerprint density at radius 2 is 1.85 bits per heavy atom. The summed E-state index contributed by atoms with van der Waals surface area (Å²) in [4.78, 5) is 27.7. The third-order valence-electron chi connectivity index (χ3n) is 5.52. The van der Waals surface area contributed by atoms with E-state index in [1.54, 1.807) is 43.5 Å². The first kappa shape index (κ1) is 25.4. The fourth-order valence-electron chi connectivity index (χ4n) is 4.01. The number of likely N-dealkylation sites (tertiary alicyclic amines) is 1. The van der Waals surface area contributed by atoms with Crippen molar-refractivity contribution in [2.24, 2.45) is 0 Å². The van der Waals surface area contributed by atoms with E-state index >= 15 is 0 Å². The lowest BCUT2D eigenvalue weighted by Gasteiger charge is -2.27. The number of aliphatic hydroxyl groups excluding tert-OH is 1. The number of nitrogens with zero attached hydrogens (tertiary/aromatic N) is 1. The second-order valence-electron chi connectivity index (χ2n) is 7.50. The highest BCUT2D eigenvalue weighted by atomic mass is 35.5. The van der Waals surface area contributed by atoms with Gasteiger partial charge < -0.3 is 29.0 Å². The van der Waals surface area contributed by atoms with Crippen molar-refractivity contribution in [1.82, 2.24) is 4.90 Å². The number of hydrogen-bond acceptors (Lipinski definition) is 7. The summed E-state index contributed by atoms with van der Waals surface area (Å²) in [7, 11) is 4.54. The van der Waals surface area contributed by atoms with Crippen LogP contribution in [-0.2, 0) is 14.3 Å². The number of benzene rings is 2. The second-order valence-corrected chi connectivity index (χ2v) is 7.91. The molecule has 8 nitrogen and oxygen atoms in total. The second kappa shape index (κ2) is 11.3. The number of Topliss-reactive ketones (excluding diaryl/α,β-unsaturated/α-hetero) is 1. The van der Waals surface area contributed by atoms with Gasteiger partial charge in [-0.3, -0.25) is 9.59 Å². The average molecular weight is 490 g/mol. The maximum Gasteiger partial charge on any atom is 0.295 e. The molecule has 2 aromatic carbocycles. The molecule has 1 unspecified atom stereocenters. The molecule has 0 spiro atoms. The highest BCUT2D eigenvalue weighted by molar-refractivity contribution is 6.46. The molecule has 1 aliphatic heterocycles. The smallest absolute Gasteiger partial charge is 0.295 e. The third-order valence-corrected chi connectivity index (χ3v) is 5.83. The quantitative estimate of drug-likeness (QED) is 0.231. The van der Waals surface area contributed by atoms with Crippen molar-refractivity contribution in [3.05, 3.63) is 58.1 Å². The van der Waals surface area contributed by atoms with Gasteiger partial charge >= 0.3 is 0 Å². The van der Waals surface area contributed by atoms with Gasteiger partial charge in [-0.1, -0.05) is 23.7 Å². The number of carbonyl (C=O) groups is 2. The molecule has 3 rings (SSSR count). The van der Waals surface area contributed by atoms with Crippen LogP contribution in [0.1, 0.15) is 30.5 Å². The van der Waals surface area contributed by atoms with Crippen molar-refractivity contribution in [3.63, 3.8) is 0 Å². The van der Waals surface area contributed by atoms with Gasteiger partial charge in [-0.2, -0.15) is 0 Å². The zero-order chi connectivity index (χ0) is 24.8. The molecule has 1 atom stereocenters. The lowest BCUT2D eigenvalue weighted by molar-refractivity contribution is -0.140. The predicted octanol–water partition coefficient (Wildman–Crippen LogP) is 4.21. The van der Waals surface area contributed by atoms with Gasteiger partial charge in [0.15, 0.2) is 11.5 Å². The van der Waals surface area contributed by atoms with Gasteiger partial charge in [0.2, 0.25) is 0 Å². The first-order valence-corrected chi connectivity index (χ1v) is 11.2. The summed E-state index contributed by atoms with van der Waals surface area (Å²) in [5, 5.41) is 11.7. The first-order valence-electron chi connectivity index (χ1n) is 10.8. The van der Waals surface area contributed by atoms with Gasteiger partial charge in [0.25, 0.3) is 11.7 Å². The van der Waals surface area contributed by atoms with Gasteiger partial charge in [-0.25, -0.2) is 0 Å². The summed E-state index contributed by atoms with van der Waals surface area (Å²) < 4.78 is 21.6. The van der Waals surface area contributed by atoms with E-state index in [1.807, 2.05) is 6.92 Å². The normalized spacial score (nSPS) is 17.2. The van der Waals surface area contributed by atoms with Crippen LogP contribution >= 0.6 is 11.6 Å². The van der Waals surface area contributed by atoms with Gasteiger partial charge in [0.05, 0.1) is 37.5 Å². The van der Waals surface area contributed by atoms with Gasteiger partial charge in [-0.05, 0) is 37.6 Å². The number of ether oxygens (including phenoxy) is 4. The summed E-state index contributed by atoms with van der Waals surface area (Å²) in [6, 6.07) is 8.97. The van der Waals surface area contributed by atoms with E-state index in [4.69, 9.17) is 30.5 Å². The molecule has 1 heterocycles. The summed E-state index contributed by atoms with van der Waals surface area (Å²) in [5.41, 5.74) is 0.757. The Morgan fingerprint density at radius 1 is 1.09 bits per heavy atom. The largest absolute Gasteiger partial charge is 0.507 e. The highest BCUT2D eigenvalue weighted by Gasteiger charge is 2.47. The number of rotatable bonds is 10. The number of carbonyl (C=O) groups excluding carboxylic acids is 2. The van der Waals surface area contributed by atoms with Crippen molar-refractivity contribution < 1.29 is 33.6 Å². The lowest BCUT2D eigenvalue weighted by atomic mass is 9.94. The van der Waals surface area contributed by atoms with Crippen LogP contribution in [0.15, 0.2) is 42.0 Å². The molecular weight excluding hydrogens is 462 g/mol. The molecule has 0 bridgehead atoms. The lowest BCUT2D eigenvalue weighted by Crippen LogP contribution is -2.31. The minimum atomic E-state index is -0.895. The zero-order valence-corrected chi connectivity index (χ0v) is 20.3. The number of methoxy groups -OCH3 is 3. The molecule has 182 valence electrons. The van der Waals surface area contributed by atoms with Crippen LogP contribution in [0.3, 0.4) is 0 Å². The number of hydrogen-bond donors (Lipinski definition) is 1. The fourth-order valence-corrected chi connectivity index (χ4v) is 4.18. The Hall–Kier alpha value is -3.23. The van der Waals surface area contributed by atoms with Crippen molar-refractivity contribution in [2.45, 2.75) is 19.4 Å². The van der Waals surface area contributed by atoms with Crippen LogP contribution in [0.5, 0.6) is 17.2 Å². The molecule has 9 heteroatoms. The highest BCUT2D eigenvalue weighted by Crippen LogP contribution is 2.45. The molecule has 1 fully saturated rings. The molecule has 1 N–H and O–H groups in total. The number of ketones is 1. The minimum Gasteiger partial charge on any atom is -0.507 e. The van der Waals surface area contributed by atoms with E-state index in [1.165, 1.54) is 19.1 Å². The summed E-state index contributed by atoms with van der Waals surface area (Å²) >= 11 is 6.19. The molecule has 0 radical (unpaired) electrons. The minimum absolute atomic E-state index is 0.0567. The van der Waals surface area contributed by atoms with E-state index in [0.29, 0.717) is 53.0 Å². The van der Waals surface area contributed by atoms with Crippen LogP contribution in [0.4, 0.5) is 0 Å². The molecule has 2 aromatic rings. The van der Waals surface area contributed by atoms with Crippen LogP contribution in [-0.4, -0.2) is 62.8 Å². The molecule has 0 aromatic heterocycles. The number of aliphatic hydroxyl groups is 1. The summed E-state index contributed by atoms with van der Waals surface area (Å²) in [5.74, 6) is -0.680. The molecule has 1 amide bonds. The van der Waals surface area contributed by atoms with E-state index in [0.717, 1.165) is 0 Å². The van der Waals surface area contributed by atoms with E-state index < -0.39 is 17.7 Å². The Balaban J connectivity index is 2.23. The molecule has 1 aliphatic rings. The number of para-hydroxylation sites is 1. The predicted molar refractivity (Wildman–Crippen MR) is 128 cm³/mol. The molecular formula is C25H28ClNO7. The summed E-state index contributed by atoms with van der Waals surface area (Å²) in [6.45, 7) is 2.82. The Kier molecular flexibility index (Phi) is 8.41. The van der Waals surface area contributed by atoms with E-state index in [-0.39, 0.29) is 17.9 Å². The van der Waals surface area contributed by atoms with Gasteiger partial charge in [0.1, 0.15) is 11.5 Å². The summed E-state index contributed by atoms with van der Waals surface area (Å²) in [6.07, 6.45) is 0.502. The standard InChI is InChI=1S/C25H28ClNO7/c1-5-34-19-14-15(10-11-17(19)26)22(28)20-21(16-8-6-9-18(32-3)24(16)33-4)27(12-7-13-31-2)25(30)23(20)29/h6,8-11,14,21,28H,5,7,12-13H2,1-4H3/b22-20+. The third kappa shape index (κ3) is 4.83. The van der Waals surface area contributed by atoms with Gasteiger partial charge in [-0.15, -0.1) is 0 Å². The zero-order valence-electron chi connectivity index (χ0n) is 19.6. The monoisotopic (exact) mass is 489 g/mol. The average Bonchev–Trinajstić information content (AvgIpc) is 3.09. The van der Waals surface area contributed by atoms with Crippen molar-refractivity contribution >= 4 is 29.1 Å². The Bertz CT molecular complexity index is 1100. The van der Waals surface area contributed by atoms with E-state index in [9.17, 15) is 14.7 Å². The number of halogens is 1. The van der Waals surface area contributed by atoms with Crippen LogP contribution in [0.2, 0.25) is 5.02 Å². The topological polar surface area (TPSA) is 94.5 Å². The molecule has 34 heavy (non-hydrogen) atoms. The van der Waals surface area contributed by atoms with Crippen molar-refractivity contribution in [1.29, 1.82) is 0 Å². The van der Waals surface area contributed by atoms with Crippen LogP contribution < -0.4 is 14.2 Å². The fraction of sp³-hybridized carbons (Fsp3) is 0.360. The maximum atomic E-state index is 13.2. The Labute approximate surface area is 203 Å². The molecule has 0 aliphatic carbocycles. The van der Waals surface area contributed by atoms with Crippen LogP contribution in [0.25, 0.3) is 5.76 Å². The molecule has 0 saturated carbocycles. The van der Waals surface area contributed by atoms with Crippen LogP contribution in [0, 0.1) is 0 Å². The van der Waals surface area contributed by atoms with Crippen molar-refractivity contribution in [3.8, 4) is 17.2 Å². The Morgan fingerprint density at radius 3 is 2.50 bits per heavy atom. The van der Waals surface area contributed by atoms with E-state index in [2.05, 4.69) is 0 Å². The van der Waals surface area contributed by atoms with Crippen molar-refractivity contribution in [2.75, 3.05) is 41.1 Å². The van der Waals surface area contributed by atoms with Gasteiger partial charge in [0, 0.05) is 31.4 Å². The molecule has 1 saturated heterocycles. The first-order chi connectivity index (χ1) is 16.4. The SMILES string of the molecule is CCOc1cc(/C(O)=C2\C(=O)C(=O)N(CCCOC)C2c2cccc(OC)c2OC)ccc1Cl. The number of amides is 1. The maximum absolute atomic E-state index is 13.2.